The van der Waals surface area contributed by atoms with Crippen molar-refractivity contribution in [1.82, 2.24) is 0 Å². The number of rotatable bonds is 11. The van der Waals surface area contributed by atoms with Crippen molar-refractivity contribution < 1.29 is 9.46 Å². The standard InChI is InChI=1S/C13H29O2P/c1-3-5-7-9-11-13-16(14,15)12-10-8-6-4-2/h3-13H2,1-2H3,(H,14,15). The van der Waals surface area contributed by atoms with Crippen molar-refractivity contribution in [3.05, 3.63) is 0 Å². The van der Waals surface area contributed by atoms with E-state index in [1.807, 2.05) is 0 Å². The molecule has 0 aromatic rings. The minimum absolute atomic E-state index is 0.542. The third kappa shape index (κ3) is 10.7. The predicted octanol–water partition coefficient (Wildman–Crippen LogP) is 4.81. The lowest BCUT2D eigenvalue weighted by Gasteiger charge is -2.11. The van der Waals surface area contributed by atoms with Gasteiger partial charge < -0.3 is 4.89 Å². The van der Waals surface area contributed by atoms with Crippen molar-refractivity contribution in [1.29, 1.82) is 0 Å². The summed E-state index contributed by atoms with van der Waals surface area (Å²) in [5.74, 6) is 0. The Morgan fingerprint density at radius 2 is 1.12 bits per heavy atom. The molecule has 1 N–H and O–H groups in total. The first-order valence-electron chi connectivity index (χ1n) is 6.93. The van der Waals surface area contributed by atoms with Crippen molar-refractivity contribution in [2.75, 3.05) is 12.3 Å². The highest BCUT2D eigenvalue weighted by atomic mass is 31.2. The van der Waals surface area contributed by atoms with Crippen molar-refractivity contribution in [2.24, 2.45) is 0 Å². The van der Waals surface area contributed by atoms with Crippen LogP contribution in [0.2, 0.25) is 0 Å². The lowest BCUT2D eigenvalue weighted by molar-refractivity contribution is 0.470. The van der Waals surface area contributed by atoms with E-state index in [1.54, 1.807) is 0 Å². The van der Waals surface area contributed by atoms with Crippen LogP contribution < -0.4 is 0 Å². The second-order valence-corrected chi connectivity index (χ2v) is 7.36. The smallest absolute Gasteiger partial charge is 0.200 e. The van der Waals surface area contributed by atoms with E-state index < -0.39 is 7.37 Å². The molecule has 0 spiro atoms. The van der Waals surface area contributed by atoms with Crippen molar-refractivity contribution in [2.45, 2.75) is 71.6 Å². The molecule has 0 rings (SSSR count). The van der Waals surface area contributed by atoms with Gasteiger partial charge in [0.2, 0.25) is 7.37 Å². The van der Waals surface area contributed by atoms with Crippen LogP contribution in [0.4, 0.5) is 0 Å². The summed E-state index contributed by atoms with van der Waals surface area (Å²) in [5.41, 5.74) is 0. The third-order valence-electron chi connectivity index (χ3n) is 2.97. The van der Waals surface area contributed by atoms with Gasteiger partial charge in [-0.2, -0.15) is 0 Å². The summed E-state index contributed by atoms with van der Waals surface area (Å²) in [6, 6.07) is 0. The van der Waals surface area contributed by atoms with E-state index in [0.717, 1.165) is 25.7 Å². The molecule has 16 heavy (non-hydrogen) atoms. The van der Waals surface area contributed by atoms with E-state index in [1.165, 1.54) is 32.1 Å². The van der Waals surface area contributed by atoms with Crippen LogP contribution in [-0.4, -0.2) is 17.2 Å². The minimum atomic E-state index is -2.78. The van der Waals surface area contributed by atoms with E-state index in [9.17, 15) is 9.46 Å². The molecule has 0 aliphatic carbocycles. The van der Waals surface area contributed by atoms with Crippen molar-refractivity contribution in [3.63, 3.8) is 0 Å². The molecule has 0 bridgehead atoms. The first-order valence-corrected chi connectivity index (χ1v) is 8.96. The minimum Gasteiger partial charge on any atom is -0.344 e. The molecule has 0 aliphatic rings. The van der Waals surface area contributed by atoms with Gasteiger partial charge in [0.1, 0.15) is 0 Å². The van der Waals surface area contributed by atoms with E-state index in [2.05, 4.69) is 13.8 Å². The molecule has 0 radical (unpaired) electrons. The lowest BCUT2D eigenvalue weighted by Crippen LogP contribution is -1.95. The van der Waals surface area contributed by atoms with Crippen LogP contribution in [0.25, 0.3) is 0 Å². The molecule has 1 atom stereocenters. The maximum Gasteiger partial charge on any atom is 0.200 e. The highest BCUT2D eigenvalue weighted by Crippen LogP contribution is 2.42. The number of hydrogen-bond donors (Lipinski definition) is 1. The van der Waals surface area contributed by atoms with Gasteiger partial charge in [-0.3, -0.25) is 4.57 Å². The van der Waals surface area contributed by atoms with Crippen LogP contribution in [-0.2, 0) is 4.57 Å². The molecule has 0 amide bonds. The highest BCUT2D eigenvalue weighted by Gasteiger charge is 2.16. The Kier molecular flexibility index (Phi) is 10.5. The van der Waals surface area contributed by atoms with Crippen molar-refractivity contribution >= 4 is 7.37 Å². The second kappa shape index (κ2) is 10.4. The van der Waals surface area contributed by atoms with Gasteiger partial charge in [-0.1, -0.05) is 58.8 Å². The normalized spacial score (nSPS) is 14.9. The number of unbranched alkanes of at least 4 members (excludes halogenated alkanes) is 7. The van der Waals surface area contributed by atoms with E-state index in [0.29, 0.717) is 12.3 Å². The molecule has 0 saturated heterocycles. The fourth-order valence-corrected chi connectivity index (χ4v) is 3.52. The largest absolute Gasteiger partial charge is 0.344 e. The molecule has 2 nitrogen and oxygen atoms in total. The maximum atomic E-state index is 11.8. The molecule has 1 unspecified atom stereocenters. The zero-order chi connectivity index (χ0) is 12.3. The summed E-state index contributed by atoms with van der Waals surface area (Å²) < 4.78 is 11.8. The van der Waals surface area contributed by atoms with Gasteiger partial charge in [-0.15, -0.1) is 0 Å². The number of hydrogen-bond acceptors (Lipinski definition) is 1. The zero-order valence-electron chi connectivity index (χ0n) is 11.1. The molecular weight excluding hydrogens is 219 g/mol. The average molecular weight is 248 g/mol. The predicted molar refractivity (Wildman–Crippen MR) is 72.5 cm³/mol. The fraction of sp³-hybridized carbons (Fsp3) is 1.00. The van der Waals surface area contributed by atoms with Gasteiger partial charge in [-0.25, -0.2) is 0 Å². The molecule has 3 heteroatoms. The van der Waals surface area contributed by atoms with Gasteiger partial charge in [0.25, 0.3) is 0 Å². The molecule has 0 aromatic carbocycles. The first kappa shape index (κ1) is 16.2. The Hall–Kier alpha value is 0.190. The molecule has 0 saturated carbocycles. The van der Waals surface area contributed by atoms with Gasteiger partial charge in [0.05, 0.1) is 0 Å². The lowest BCUT2D eigenvalue weighted by atomic mass is 10.2. The Labute approximate surface area is 101 Å². The molecule has 0 heterocycles. The summed E-state index contributed by atoms with van der Waals surface area (Å²) >= 11 is 0. The zero-order valence-corrected chi connectivity index (χ0v) is 12.0. The van der Waals surface area contributed by atoms with E-state index in [-0.39, 0.29) is 0 Å². The Morgan fingerprint density at radius 1 is 0.750 bits per heavy atom. The van der Waals surface area contributed by atoms with E-state index in [4.69, 9.17) is 0 Å². The van der Waals surface area contributed by atoms with Gasteiger partial charge in [0.15, 0.2) is 0 Å². The topological polar surface area (TPSA) is 37.3 Å². The molecule has 0 aromatic heterocycles. The maximum absolute atomic E-state index is 11.8. The Balaban J connectivity index is 3.43. The third-order valence-corrected chi connectivity index (χ3v) is 5.00. The van der Waals surface area contributed by atoms with Crippen LogP contribution in [0.3, 0.4) is 0 Å². The van der Waals surface area contributed by atoms with Crippen molar-refractivity contribution in [3.8, 4) is 0 Å². The van der Waals surface area contributed by atoms with Gasteiger partial charge in [0, 0.05) is 12.3 Å². The van der Waals surface area contributed by atoms with E-state index >= 15 is 0 Å². The molecule has 0 fully saturated rings. The van der Waals surface area contributed by atoms with Crippen LogP contribution in [0, 0.1) is 0 Å². The quantitative estimate of drug-likeness (QED) is 0.421. The average Bonchev–Trinajstić information content (AvgIpc) is 2.24. The summed E-state index contributed by atoms with van der Waals surface area (Å²) in [7, 11) is -2.78. The molecular formula is C13H29O2P. The van der Waals surface area contributed by atoms with Crippen LogP contribution in [0.15, 0.2) is 0 Å². The van der Waals surface area contributed by atoms with Gasteiger partial charge in [-0.05, 0) is 12.8 Å². The monoisotopic (exact) mass is 248 g/mol. The van der Waals surface area contributed by atoms with Gasteiger partial charge >= 0.3 is 0 Å². The Morgan fingerprint density at radius 3 is 1.56 bits per heavy atom. The van der Waals surface area contributed by atoms with Crippen LogP contribution in [0.1, 0.15) is 71.6 Å². The summed E-state index contributed by atoms with van der Waals surface area (Å²) in [4.78, 5) is 9.73. The highest BCUT2D eigenvalue weighted by molar-refractivity contribution is 7.57. The SMILES string of the molecule is CCCCCCCP(=O)(O)CCCCCC. The Bertz CT molecular complexity index is 192. The molecule has 0 aliphatic heterocycles. The summed E-state index contributed by atoms with van der Waals surface area (Å²) in [6.45, 7) is 4.34. The summed E-state index contributed by atoms with van der Waals surface area (Å²) in [6.07, 6.45) is 11.3. The summed E-state index contributed by atoms with van der Waals surface area (Å²) in [5, 5.41) is 0. The van der Waals surface area contributed by atoms with Crippen LogP contribution in [0.5, 0.6) is 0 Å². The molecule has 98 valence electrons. The fourth-order valence-electron chi connectivity index (χ4n) is 1.86. The van der Waals surface area contributed by atoms with Crippen LogP contribution >= 0.6 is 7.37 Å². The second-order valence-electron chi connectivity index (χ2n) is 4.77. The first-order chi connectivity index (χ1) is 7.62.